The van der Waals surface area contributed by atoms with Crippen molar-refractivity contribution in [2.75, 3.05) is 24.5 Å². The number of nitrogens with one attached hydrogen (secondary N) is 1. The van der Waals surface area contributed by atoms with Crippen molar-refractivity contribution in [3.63, 3.8) is 0 Å². The maximum atomic E-state index is 6.18. The quantitative estimate of drug-likeness (QED) is 0.818. The number of benzene rings is 1. The predicted molar refractivity (Wildman–Crippen MR) is 84.1 cm³/mol. The van der Waals surface area contributed by atoms with Crippen molar-refractivity contribution in [1.29, 1.82) is 0 Å². The van der Waals surface area contributed by atoms with Crippen molar-refractivity contribution in [1.82, 2.24) is 5.32 Å². The van der Waals surface area contributed by atoms with E-state index in [1.54, 1.807) is 0 Å². The Morgan fingerprint density at radius 3 is 2.79 bits per heavy atom. The summed E-state index contributed by atoms with van der Waals surface area (Å²) in [4.78, 5) is 2.48. The molecule has 1 heterocycles. The Labute approximate surface area is 122 Å². The Bertz CT molecular complexity index is 429. The fraction of sp³-hybridized carbons (Fsp3) is 0.625. The van der Waals surface area contributed by atoms with Gasteiger partial charge in [0.15, 0.2) is 0 Å². The van der Waals surface area contributed by atoms with E-state index in [0.29, 0.717) is 5.41 Å². The molecule has 1 fully saturated rings. The van der Waals surface area contributed by atoms with Gasteiger partial charge in [0.2, 0.25) is 0 Å². The molecule has 0 spiro atoms. The monoisotopic (exact) mass is 280 g/mol. The second-order valence-corrected chi connectivity index (χ2v) is 6.72. The molecule has 0 amide bonds. The van der Waals surface area contributed by atoms with E-state index in [4.69, 9.17) is 11.6 Å². The van der Waals surface area contributed by atoms with Gasteiger partial charge in [-0.15, -0.1) is 0 Å². The molecule has 3 heteroatoms. The summed E-state index contributed by atoms with van der Waals surface area (Å²) >= 11 is 6.18. The molecule has 0 atom stereocenters. The molecule has 1 aromatic carbocycles. The van der Waals surface area contributed by atoms with E-state index in [0.717, 1.165) is 31.2 Å². The molecule has 0 bridgehead atoms. The van der Waals surface area contributed by atoms with Gasteiger partial charge in [-0.25, -0.2) is 0 Å². The molecule has 0 saturated carbocycles. The van der Waals surface area contributed by atoms with Gasteiger partial charge in [-0.2, -0.15) is 0 Å². The lowest BCUT2D eigenvalue weighted by Gasteiger charge is -2.24. The standard InChI is InChI=1S/C16H25ClN2/c1-4-8-18-11-13-5-6-14(17)10-15(13)19-9-7-16(2,3)12-19/h5-6,10,18H,4,7-9,11-12H2,1-3H3. The average Bonchev–Trinajstić information content (AvgIpc) is 2.72. The lowest BCUT2D eigenvalue weighted by Crippen LogP contribution is -2.25. The van der Waals surface area contributed by atoms with Crippen LogP contribution in [0.3, 0.4) is 0 Å². The fourth-order valence-electron chi connectivity index (χ4n) is 2.70. The number of hydrogen-bond donors (Lipinski definition) is 1. The van der Waals surface area contributed by atoms with Crippen molar-refractivity contribution in [2.24, 2.45) is 5.41 Å². The van der Waals surface area contributed by atoms with Crippen molar-refractivity contribution in [2.45, 2.75) is 40.2 Å². The van der Waals surface area contributed by atoms with E-state index in [9.17, 15) is 0 Å². The van der Waals surface area contributed by atoms with Gasteiger partial charge in [0.1, 0.15) is 0 Å². The highest BCUT2D eigenvalue weighted by Gasteiger charge is 2.30. The Balaban J connectivity index is 2.15. The number of anilines is 1. The minimum atomic E-state index is 0.413. The van der Waals surface area contributed by atoms with E-state index in [1.165, 1.54) is 24.1 Å². The van der Waals surface area contributed by atoms with Gasteiger partial charge < -0.3 is 10.2 Å². The molecule has 0 aliphatic carbocycles. The number of nitrogens with zero attached hydrogens (tertiary/aromatic N) is 1. The average molecular weight is 281 g/mol. The number of hydrogen-bond acceptors (Lipinski definition) is 2. The summed E-state index contributed by atoms with van der Waals surface area (Å²) in [5, 5.41) is 4.32. The molecular formula is C16H25ClN2. The second kappa shape index (κ2) is 6.15. The third kappa shape index (κ3) is 3.87. The largest absolute Gasteiger partial charge is 0.371 e. The molecule has 1 aliphatic heterocycles. The minimum absolute atomic E-state index is 0.413. The molecule has 1 aromatic rings. The molecule has 1 N–H and O–H groups in total. The van der Waals surface area contributed by atoms with Crippen LogP contribution in [0.1, 0.15) is 39.2 Å². The summed E-state index contributed by atoms with van der Waals surface area (Å²) in [6.07, 6.45) is 2.42. The van der Waals surface area contributed by atoms with Crippen molar-refractivity contribution >= 4 is 17.3 Å². The highest BCUT2D eigenvalue weighted by atomic mass is 35.5. The molecule has 0 aromatic heterocycles. The fourth-order valence-corrected chi connectivity index (χ4v) is 2.87. The van der Waals surface area contributed by atoms with Gasteiger partial charge in [-0.05, 0) is 42.5 Å². The first-order valence-electron chi connectivity index (χ1n) is 7.26. The first kappa shape index (κ1) is 14.7. The van der Waals surface area contributed by atoms with Crippen LogP contribution in [0.15, 0.2) is 18.2 Å². The van der Waals surface area contributed by atoms with Gasteiger partial charge >= 0.3 is 0 Å². The molecule has 0 radical (unpaired) electrons. The zero-order valence-electron chi connectivity index (χ0n) is 12.3. The Morgan fingerprint density at radius 2 is 2.16 bits per heavy atom. The van der Waals surface area contributed by atoms with Gasteiger partial charge in [-0.1, -0.05) is 38.4 Å². The van der Waals surface area contributed by atoms with Crippen LogP contribution in [-0.2, 0) is 6.54 Å². The maximum Gasteiger partial charge on any atom is 0.0426 e. The lowest BCUT2D eigenvalue weighted by atomic mass is 9.93. The third-order valence-electron chi connectivity index (χ3n) is 3.81. The van der Waals surface area contributed by atoms with Crippen molar-refractivity contribution in [3.8, 4) is 0 Å². The van der Waals surface area contributed by atoms with E-state index in [-0.39, 0.29) is 0 Å². The third-order valence-corrected chi connectivity index (χ3v) is 4.04. The zero-order valence-corrected chi connectivity index (χ0v) is 13.1. The van der Waals surface area contributed by atoms with Crippen molar-refractivity contribution in [3.05, 3.63) is 28.8 Å². The van der Waals surface area contributed by atoms with Crippen LogP contribution in [0.4, 0.5) is 5.69 Å². The zero-order chi connectivity index (χ0) is 13.9. The summed E-state index contributed by atoms with van der Waals surface area (Å²) in [7, 11) is 0. The maximum absolute atomic E-state index is 6.18. The molecule has 2 rings (SSSR count). The Kier molecular flexibility index (Phi) is 4.75. The van der Waals surface area contributed by atoms with Crippen molar-refractivity contribution < 1.29 is 0 Å². The van der Waals surface area contributed by atoms with Gasteiger partial charge in [0, 0.05) is 30.3 Å². The highest BCUT2D eigenvalue weighted by Crippen LogP contribution is 2.35. The van der Waals surface area contributed by atoms with E-state index in [1.807, 2.05) is 6.07 Å². The van der Waals surface area contributed by atoms with Crippen LogP contribution in [0.25, 0.3) is 0 Å². The smallest absolute Gasteiger partial charge is 0.0426 e. The Morgan fingerprint density at radius 1 is 1.37 bits per heavy atom. The number of halogens is 1. The topological polar surface area (TPSA) is 15.3 Å². The Hall–Kier alpha value is -0.730. The first-order chi connectivity index (χ1) is 9.02. The minimum Gasteiger partial charge on any atom is -0.371 e. The van der Waals surface area contributed by atoms with E-state index >= 15 is 0 Å². The SMILES string of the molecule is CCCNCc1ccc(Cl)cc1N1CCC(C)(C)C1. The normalized spacial score (nSPS) is 18.0. The predicted octanol–water partition coefficient (Wildman–Crippen LogP) is 4.08. The van der Waals surface area contributed by atoms with Gasteiger partial charge in [-0.3, -0.25) is 0 Å². The molecule has 1 saturated heterocycles. The van der Waals surface area contributed by atoms with Crippen LogP contribution >= 0.6 is 11.6 Å². The summed E-state index contributed by atoms with van der Waals surface area (Å²) in [6, 6.07) is 6.27. The second-order valence-electron chi connectivity index (χ2n) is 6.29. The van der Waals surface area contributed by atoms with Gasteiger partial charge in [0.25, 0.3) is 0 Å². The highest BCUT2D eigenvalue weighted by molar-refractivity contribution is 6.30. The molecule has 1 aliphatic rings. The molecule has 106 valence electrons. The molecule has 0 unspecified atom stereocenters. The van der Waals surface area contributed by atoms with Crippen LogP contribution in [0.5, 0.6) is 0 Å². The van der Waals surface area contributed by atoms with E-state index in [2.05, 4.69) is 43.1 Å². The van der Waals surface area contributed by atoms with Crippen LogP contribution in [0.2, 0.25) is 5.02 Å². The first-order valence-corrected chi connectivity index (χ1v) is 7.64. The van der Waals surface area contributed by atoms with Crippen LogP contribution in [-0.4, -0.2) is 19.6 Å². The number of rotatable bonds is 5. The summed E-state index contributed by atoms with van der Waals surface area (Å²) in [6.45, 7) is 11.1. The van der Waals surface area contributed by atoms with E-state index < -0.39 is 0 Å². The van der Waals surface area contributed by atoms with Gasteiger partial charge in [0.05, 0.1) is 0 Å². The summed E-state index contributed by atoms with van der Waals surface area (Å²) < 4.78 is 0. The molecular weight excluding hydrogens is 256 g/mol. The van der Waals surface area contributed by atoms with Crippen LogP contribution in [0, 0.1) is 5.41 Å². The van der Waals surface area contributed by atoms with Crippen LogP contribution < -0.4 is 10.2 Å². The lowest BCUT2D eigenvalue weighted by molar-refractivity contribution is 0.418. The summed E-state index contributed by atoms with van der Waals surface area (Å²) in [5.74, 6) is 0. The summed E-state index contributed by atoms with van der Waals surface area (Å²) in [5.41, 5.74) is 3.08. The molecule has 19 heavy (non-hydrogen) atoms. The molecule has 2 nitrogen and oxygen atoms in total.